The van der Waals surface area contributed by atoms with Crippen molar-refractivity contribution in [3.63, 3.8) is 0 Å². The van der Waals surface area contributed by atoms with Gasteiger partial charge in [0.1, 0.15) is 5.60 Å². The van der Waals surface area contributed by atoms with Crippen molar-refractivity contribution in [3.05, 3.63) is 0 Å². The number of nitrogens with one attached hydrogen (secondary N) is 1. The molecule has 0 aromatic carbocycles. The highest BCUT2D eigenvalue weighted by Crippen LogP contribution is 2.40. The van der Waals surface area contributed by atoms with Crippen LogP contribution in [-0.4, -0.2) is 49.8 Å². The maximum atomic E-state index is 12.1. The van der Waals surface area contributed by atoms with Gasteiger partial charge >= 0.3 is 12.1 Å². The molecule has 0 bridgehead atoms. The zero-order valence-corrected chi connectivity index (χ0v) is 14.7. The quantitative estimate of drug-likeness (QED) is 0.443. The molecular weight excluding hydrogens is 306 g/mol. The molecule has 22 heavy (non-hydrogen) atoms. The second kappa shape index (κ2) is 8.06. The van der Waals surface area contributed by atoms with E-state index in [1.807, 2.05) is 20.8 Å². The molecule has 7 heteroatoms. The van der Waals surface area contributed by atoms with Crippen LogP contribution in [0.2, 0.25) is 0 Å². The summed E-state index contributed by atoms with van der Waals surface area (Å²) in [5.41, 5.74) is -1.24. The number of ether oxygens (including phenoxy) is 3. The van der Waals surface area contributed by atoms with Gasteiger partial charge in [-0.3, -0.25) is 4.79 Å². The first kappa shape index (κ1) is 19.1. The minimum Gasteiger partial charge on any atom is -0.469 e. The molecule has 0 saturated heterocycles. The molecule has 128 valence electrons. The number of esters is 1. The fraction of sp³-hybridized carbons (Fsp3) is 0.867. The Hall–Kier alpha value is -0.950. The molecule has 6 nitrogen and oxygen atoms in total. The highest BCUT2D eigenvalue weighted by molar-refractivity contribution is 7.80. The van der Waals surface area contributed by atoms with E-state index >= 15 is 0 Å². The number of amides is 1. The molecule has 1 rings (SSSR count). The maximum Gasteiger partial charge on any atom is 0.407 e. The molecule has 2 atom stereocenters. The number of rotatable bonds is 6. The Morgan fingerprint density at radius 1 is 1.36 bits per heavy atom. The molecule has 0 heterocycles. The molecule has 0 aliphatic heterocycles. The fourth-order valence-electron chi connectivity index (χ4n) is 2.65. The van der Waals surface area contributed by atoms with Crippen LogP contribution >= 0.6 is 12.6 Å². The lowest BCUT2D eigenvalue weighted by atomic mass is 9.87. The summed E-state index contributed by atoms with van der Waals surface area (Å²) in [5, 5.41) is 2.82. The molecule has 0 radical (unpaired) electrons. The number of carbonyl (C=O) groups is 2. The summed E-state index contributed by atoms with van der Waals surface area (Å²) in [6.07, 6.45) is 1.34. The predicted octanol–water partition coefficient (Wildman–Crippen LogP) is 2.17. The summed E-state index contributed by atoms with van der Waals surface area (Å²) in [4.78, 5) is 24.0. The summed E-state index contributed by atoms with van der Waals surface area (Å²) in [7, 11) is 1.37. The Labute approximate surface area is 137 Å². The van der Waals surface area contributed by atoms with Gasteiger partial charge in [0, 0.05) is 11.8 Å². The number of carbonyl (C=O) groups excluding carboxylic acids is 2. The van der Waals surface area contributed by atoms with Gasteiger partial charge in [-0.15, -0.1) is 0 Å². The predicted molar refractivity (Wildman–Crippen MR) is 86.1 cm³/mol. The first-order valence-electron chi connectivity index (χ1n) is 7.49. The van der Waals surface area contributed by atoms with Crippen LogP contribution in [0.15, 0.2) is 0 Å². The normalized spacial score (nSPS) is 24.9. The SMILES string of the molecule is COC(=O)C1(COCCS)CCC(NC(=O)OC(C)(C)C)C1. The third-order valence-corrected chi connectivity index (χ3v) is 3.74. The molecule has 0 spiro atoms. The van der Waals surface area contributed by atoms with Crippen LogP contribution in [0.5, 0.6) is 0 Å². The van der Waals surface area contributed by atoms with Crippen molar-refractivity contribution in [1.29, 1.82) is 0 Å². The molecule has 1 saturated carbocycles. The Balaban J connectivity index is 2.61. The zero-order chi connectivity index (χ0) is 16.8. The van der Waals surface area contributed by atoms with Gasteiger partial charge in [-0.2, -0.15) is 12.6 Å². The fourth-order valence-corrected chi connectivity index (χ4v) is 2.78. The molecule has 1 aliphatic carbocycles. The first-order chi connectivity index (χ1) is 10.2. The molecule has 2 unspecified atom stereocenters. The second-order valence-electron chi connectivity index (χ2n) is 6.63. The van der Waals surface area contributed by atoms with Crippen molar-refractivity contribution in [1.82, 2.24) is 5.32 Å². The number of thiol groups is 1. The minimum atomic E-state index is -0.697. The number of hydrogen-bond donors (Lipinski definition) is 2. The topological polar surface area (TPSA) is 73.9 Å². The minimum absolute atomic E-state index is 0.117. The van der Waals surface area contributed by atoms with Crippen molar-refractivity contribution in [3.8, 4) is 0 Å². The smallest absolute Gasteiger partial charge is 0.407 e. The van der Waals surface area contributed by atoms with Gasteiger partial charge in [0.15, 0.2) is 0 Å². The number of alkyl carbamates (subject to hydrolysis) is 1. The molecular formula is C15H27NO5S. The van der Waals surface area contributed by atoms with Gasteiger partial charge in [0.2, 0.25) is 0 Å². The summed E-state index contributed by atoms with van der Waals surface area (Å²) < 4.78 is 15.7. The third-order valence-electron chi connectivity index (χ3n) is 3.56. The maximum absolute atomic E-state index is 12.1. The van der Waals surface area contributed by atoms with Gasteiger partial charge in [0.05, 0.1) is 25.7 Å². The Bertz CT molecular complexity index is 396. The highest BCUT2D eigenvalue weighted by atomic mass is 32.1. The van der Waals surface area contributed by atoms with Crippen molar-refractivity contribution in [2.75, 3.05) is 26.1 Å². The number of hydrogen-bond acceptors (Lipinski definition) is 6. The molecule has 1 N–H and O–H groups in total. The van der Waals surface area contributed by atoms with Gasteiger partial charge in [-0.25, -0.2) is 4.79 Å². The van der Waals surface area contributed by atoms with Crippen molar-refractivity contribution in [2.24, 2.45) is 5.41 Å². The zero-order valence-electron chi connectivity index (χ0n) is 13.8. The summed E-state index contributed by atoms with van der Waals surface area (Å²) >= 11 is 4.09. The third kappa shape index (κ3) is 5.68. The molecule has 1 fully saturated rings. The van der Waals surface area contributed by atoms with E-state index in [-0.39, 0.29) is 18.6 Å². The van der Waals surface area contributed by atoms with Gasteiger partial charge in [-0.1, -0.05) is 0 Å². The van der Waals surface area contributed by atoms with Crippen LogP contribution in [0.3, 0.4) is 0 Å². The lowest BCUT2D eigenvalue weighted by Crippen LogP contribution is -2.41. The first-order valence-corrected chi connectivity index (χ1v) is 8.12. The molecule has 0 aromatic rings. The van der Waals surface area contributed by atoms with Crippen molar-refractivity contribution < 1.29 is 23.8 Å². The standard InChI is InChI=1S/C15H27NO5S/c1-14(2,3)21-13(18)16-11-5-6-15(9-11,12(17)19-4)10-20-7-8-22/h11,22H,5-10H2,1-4H3,(H,16,18). The van der Waals surface area contributed by atoms with E-state index in [0.29, 0.717) is 31.6 Å². The molecule has 1 amide bonds. The van der Waals surface area contributed by atoms with E-state index in [0.717, 1.165) is 0 Å². The lowest BCUT2D eigenvalue weighted by molar-refractivity contribution is -0.156. The van der Waals surface area contributed by atoms with Crippen molar-refractivity contribution >= 4 is 24.7 Å². The monoisotopic (exact) mass is 333 g/mol. The second-order valence-corrected chi connectivity index (χ2v) is 7.08. The van der Waals surface area contributed by atoms with Crippen LogP contribution in [0, 0.1) is 5.41 Å². The highest BCUT2D eigenvalue weighted by Gasteiger charge is 2.47. The van der Waals surface area contributed by atoms with Crippen LogP contribution in [0.1, 0.15) is 40.0 Å². The largest absolute Gasteiger partial charge is 0.469 e. The van der Waals surface area contributed by atoms with Gasteiger partial charge in [-0.05, 0) is 40.0 Å². The van der Waals surface area contributed by atoms with Crippen LogP contribution in [0.4, 0.5) is 4.79 Å². The van der Waals surface area contributed by atoms with E-state index in [1.54, 1.807) is 0 Å². The molecule has 0 aromatic heterocycles. The van der Waals surface area contributed by atoms with E-state index in [1.165, 1.54) is 7.11 Å². The van der Waals surface area contributed by atoms with Crippen LogP contribution < -0.4 is 5.32 Å². The molecule has 1 aliphatic rings. The van der Waals surface area contributed by atoms with Crippen molar-refractivity contribution in [2.45, 2.75) is 51.7 Å². The Morgan fingerprint density at radius 2 is 2.05 bits per heavy atom. The average Bonchev–Trinajstić information content (AvgIpc) is 2.80. The summed E-state index contributed by atoms with van der Waals surface area (Å²) in [6, 6.07) is -0.117. The average molecular weight is 333 g/mol. The summed E-state index contributed by atoms with van der Waals surface area (Å²) in [6.45, 7) is 6.20. The Morgan fingerprint density at radius 3 is 2.59 bits per heavy atom. The lowest BCUT2D eigenvalue weighted by Gasteiger charge is -2.26. The van der Waals surface area contributed by atoms with E-state index in [9.17, 15) is 9.59 Å². The van der Waals surface area contributed by atoms with Crippen LogP contribution in [-0.2, 0) is 19.0 Å². The number of methoxy groups -OCH3 is 1. The van der Waals surface area contributed by atoms with E-state index in [2.05, 4.69) is 17.9 Å². The van der Waals surface area contributed by atoms with Gasteiger partial charge < -0.3 is 19.5 Å². The van der Waals surface area contributed by atoms with Gasteiger partial charge in [0.25, 0.3) is 0 Å². The van der Waals surface area contributed by atoms with E-state index in [4.69, 9.17) is 14.2 Å². The van der Waals surface area contributed by atoms with Crippen LogP contribution in [0.25, 0.3) is 0 Å². The van der Waals surface area contributed by atoms with E-state index < -0.39 is 17.1 Å². The summed E-state index contributed by atoms with van der Waals surface area (Å²) in [5.74, 6) is 0.303. The Kier molecular flexibility index (Phi) is 6.99.